The van der Waals surface area contributed by atoms with Gasteiger partial charge in [-0.15, -0.1) is 5.10 Å². The number of nitrogens with one attached hydrogen (secondary N) is 1. The summed E-state index contributed by atoms with van der Waals surface area (Å²) in [5.41, 5.74) is 2.13. The van der Waals surface area contributed by atoms with E-state index < -0.39 is 0 Å². The Labute approximate surface area is 112 Å². The molecular weight excluding hydrogens is 238 g/mol. The lowest BCUT2D eigenvalue weighted by atomic mass is 10.0. The highest BCUT2D eigenvalue weighted by atomic mass is 15.3. The molecule has 0 aliphatic carbocycles. The number of nitrogens with zero attached hydrogens (tertiary/aromatic N) is 4. The summed E-state index contributed by atoms with van der Waals surface area (Å²) < 4.78 is 1.66. The fourth-order valence-electron chi connectivity index (χ4n) is 2.14. The molecule has 0 bridgehead atoms. The summed E-state index contributed by atoms with van der Waals surface area (Å²) in [4.78, 5) is 3.95. The normalized spacial score (nSPS) is 12.1. The zero-order valence-corrected chi connectivity index (χ0v) is 11.2. The van der Waals surface area contributed by atoms with E-state index in [1.165, 1.54) is 5.56 Å². The van der Waals surface area contributed by atoms with E-state index in [2.05, 4.69) is 35.3 Å². The van der Waals surface area contributed by atoms with Crippen molar-refractivity contribution >= 4 is 0 Å². The van der Waals surface area contributed by atoms with Crippen molar-refractivity contribution in [2.45, 2.75) is 26.3 Å². The molecule has 2 aromatic rings. The van der Waals surface area contributed by atoms with Crippen LogP contribution in [-0.2, 0) is 0 Å². The summed E-state index contributed by atoms with van der Waals surface area (Å²) in [6, 6.07) is 10.3. The lowest BCUT2D eigenvalue weighted by Gasteiger charge is -2.19. The van der Waals surface area contributed by atoms with Crippen molar-refractivity contribution in [1.82, 2.24) is 20.1 Å². The van der Waals surface area contributed by atoms with Crippen molar-refractivity contribution in [3.63, 3.8) is 0 Å². The van der Waals surface area contributed by atoms with Gasteiger partial charge in [-0.3, -0.25) is 0 Å². The van der Waals surface area contributed by atoms with E-state index in [4.69, 9.17) is 5.26 Å². The molecule has 5 heteroatoms. The molecule has 0 saturated carbocycles. The van der Waals surface area contributed by atoms with Gasteiger partial charge in [0.1, 0.15) is 12.4 Å². The molecule has 1 N–H and O–H groups in total. The van der Waals surface area contributed by atoms with Gasteiger partial charge in [0.25, 0.3) is 5.82 Å². The molecular formula is C14H17N5. The highest BCUT2D eigenvalue weighted by molar-refractivity contribution is 5.42. The maximum atomic E-state index is 8.81. The molecule has 1 aromatic heterocycles. The highest BCUT2D eigenvalue weighted by Gasteiger charge is 2.14. The summed E-state index contributed by atoms with van der Waals surface area (Å²) in [5, 5.41) is 16.4. The minimum atomic E-state index is 0.186. The van der Waals surface area contributed by atoms with E-state index in [9.17, 15) is 0 Å². The lowest BCUT2D eigenvalue weighted by Crippen LogP contribution is -2.21. The second-order valence-corrected chi connectivity index (χ2v) is 4.20. The van der Waals surface area contributed by atoms with Crippen LogP contribution in [0.3, 0.4) is 0 Å². The molecule has 98 valence electrons. The van der Waals surface area contributed by atoms with Crippen LogP contribution in [0.1, 0.15) is 37.7 Å². The fraction of sp³-hybridized carbons (Fsp3) is 0.357. The fourth-order valence-corrected chi connectivity index (χ4v) is 2.14. The maximum absolute atomic E-state index is 8.81. The van der Waals surface area contributed by atoms with E-state index in [0.717, 1.165) is 18.7 Å². The van der Waals surface area contributed by atoms with Crippen molar-refractivity contribution < 1.29 is 0 Å². The monoisotopic (exact) mass is 255 g/mol. The number of nitriles is 1. The molecule has 5 nitrogen and oxygen atoms in total. The van der Waals surface area contributed by atoms with Crippen LogP contribution >= 0.6 is 0 Å². The second-order valence-electron chi connectivity index (χ2n) is 4.20. The number of rotatable bonds is 5. The predicted molar refractivity (Wildman–Crippen MR) is 72.8 cm³/mol. The third-order valence-corrected chi connectivity index (χ3v) is 3.01. The standard InChI is InChI=1S/C14H17N5/c1-3-12(16-4-2)11-7-5-6-8-13(11)19-10-17-14(9-15)18-19/h5-8,10,12,16H,3-4H2,1-2H3. The number of hydrogen-bond donors (Lipinski definition) is 1. The molecule has 0 fully saturated rings. The van der Waals surface area contributed by atoms with Crippen LogP contribution in [-0.4, -0.2) is 21.3 Å². The second kappa shape index (κ2) is 6.12. The van der Waals surface area contributed by atoms with Crippen LogP contribution in [0.5, 0.6) is 0 Å². The molecule has 0 aliphatic heterocycles. The van der Waals surface area contributed by atoms with Gasteiger partial charge in [-0.05, 0) is 24.6 Å². The summed E-state index contributed by atoms with van der Waals surface area (Å²) in [6.07, 6.45) is 2.57. The number of aromatic nitrogens is 3. The van der Waals surface area contributed by atoms with Gasteiger partial charge in [0.05, 0.1) is 5.69 Å². The average Bonchev–Trinajstić information content (AvgIpc) is 2.93. The minimum Gasteiger partial charge on any atom is -0.310 e. The first kappa shape index (κ1) is 13.2. The van der Waals surface area contributed by atoms with Gasteiger partial charge in [-0.2, -0.15) is 5.26 Å². The van der Waals surface area contributed by atoms with Crippen molar-refractivity contribution in [2.24, 2.45) is 0 Å². The SMILES string of the molecule is CCNC(CC)c1ccccc1-n1cnc(C#N)n1. The maximum Gasteiger partial charge on any atom is 0.252 e. The van der Waals surface area contributed by atoms with E-state index in [1.807, 2.05) is 24.3 Å². The van der Waals surface area contributed by atoms with Gasteiger partial charge in [-0.1, -0.05) is 32.0 Å². The molecule has 0 radical (unpaired) electrons. The van der Waals surface area contributed by atoms with E-state index >= 15 is 0 Å². The van der Waals surface area contributed by atoms with E-state index in [1.54, 1.807) is 11.0 Å². The van der Waals surface area contributed by atoms with E-state index in [-0.39, 0.29) is 11.9 Å². The quantitative estimate of drug-likeness (QED) is 0.889. The van der Waals surface area contributed by atoms with Crippen molar-refractivity contribution in [1.29, 1.82) is 5.26 Å². The van der Waals surface area contributed by atoms with Gasteiger partial charge in [0.2, 0.25) is 0 Å². The Hall–Kier alpha value is -2.19. The Morgan fingerprint density at radius 3 is 2.79 bits per heavy atom. The van der Waals surface area contributed by atoms with Crippen molar-refractivity contribution in [3.8, 4) is 11.8 Å². The zero-order chi connectivity index (χ0) is 13.7. The first-order valence-electron chi connectivity index (χ1n) is 6.44. The first-order valence-corrected chi connectivity index (χ1v) is 6.44. The summed E-state index contributed by atoms with van der Waals surface area (Å²) in [5.74, 6) is 0.186. The molecule has 0 aliphatic rings. The van der Waals surface area contributed by atoms with E-state index in [0.29, 0.717) is 0 Å². The Kier molecular flexibility index (Phi) is 4.26. The summed E-state index contributed by atoms with van der Waals surface area (Å²) in [6.45, 7) is 5.15. The Bertz CT molecular complexity index is 582. The zero-order valence-electron chi connectivity index (χ0n) is 11.2. The highest BCUT2D eigenvalue weighted by Crippen LogP contribution is 2.23. The van der Waals surface area contributed by atoms with Gasteiger partial charge in [0.15, 0.2) is 0 Å². The molecule has 1 atom stereocenters. The summed E-state index contributed by atoms with van der Waals surface area (Å²) >= 11 is 0. The molecule has 0 saturated heterocycles. The molecule has 19 heavy (non-hydrogen) atoms. The van der Waals surface area contributed by atoms with Crippen molar-refractivity contribution in [2.75, 3.05) is 6.54 Å². The van der Waals surface area contributed by atoms with Gasteiger partial charge >= 0.3 is 0 Å². The average molecular weight is 255 g/mol. The molecule has 2 rings (SSSR count). The lowest BCUT2D eigenvalue weighted by molar-refractivity contribution is 0.534. The molecule has 0 amide bonds. The smallest absolute Gasteiger partial charge is 0.252 e. The number of para-hydroxylation sites is 1. The molecule has 0 spiro atoms. The first-order chi connectivity index (χ1) is 9.30. The van der Waals surface area contributed by atoms with Crippen LogP contribution in [0.2, 0.25) is 0 Å². The Morgan fingerprint density at radius 2 is 2.16 bits per heavy atom. The number of hydrogen-bond acceptors (Lipinski definition) is 4. The molecule has 1 unspecified atom stereocenters. The van der Waals surface area contributed by atoms with Crippen molar-refractivity contribution in [3.05, 3.63) is 42.0 Å². The summed E-state index contributed by atoms with van der Waals surface area (Å²) in [7, 11) is 0. The van der Waals surface area contributed by atoms with Crippen LogP contribution in [0.15, 0.2) is 30.6 Å². The molecule has 1 heterocycles. The molecule has 1 aromatic carbocycles. The third-order valence-electron chi connectivity index (χ3n) is 3.01. The van der Waals surface area contributed by atoms with Crippen LogP contribution < -0.4 is 5.32 Å². The Morgan fingerprint density at radius 1 is 1.37 bits per heavy atom. The largest absolute Gasteiger partial charge is 0.310 e. The predicted octanol–water partition coefficient (Wildman–Crippen LogP) is 2.20. The topological polar surface area (TPSA) is 66.5 Å². The third kappa shape index (κ3) is 2.80. The van der Waals surface area contributed by atoms with Gasteiger partial charge in [-0.25, -0.2) is 9.67 Å². The Balaban J connectivity index is 2.43. The van der Waals surface area contributed by atoms with Gasteiger partial charge in [0, 0.05) is 6.04 Å². The number of benzene rings is 1. The minimum absolute atomic E-state index is 0.186. The van der Waals surface area contributed by atoms with Gasteiger partial charge < -0.3 is 5.32 Å². The van der Waals surface area contributed by atoms with Crippen LogP contribution in [0.4, 0.5) is 0 Å². The van der Waals surface area contributed by atoms with Crippen LogP contribution in [0, 0.1) is 11.3 Å². The van der Waals surface area contributed by atoms with Crippen LogP contribution in [0.25, 0.3) is 5.69 Å².